The van der Waals surface area contributed by atoms with Gasteiger partial charge >= 0.3 is 0 Å². The lowest BCUT2D eigenvalue weighted by Gasteiger charge is -2.02. The molecule has 3 heteroatoms. The van der Waals surface area contributed by atoms with Crippen LogP contribution >= 0.6 is 27.3 Å². The molecule has 0 saturated heterocycles. The van der Waals surface area contributed by atoms with Crippen molar-refractivity contribution in [2.75, 3.05) is 0 Å². The molecular weight excluding hydrogens is 236 g/mol. The van der Waals surface area contributed by atoms with Crippen LogP contribution in [0.2, 0.25) is 0 Å². The summed E-state index contributed by atoms with van der Waals surface area (Å²) in [6, 6.07) is 0. The number of thiophene rings is 1. The van der Waals surface area contributed by atoms with Gasteiger partial charge in [-0.25, -0.2) is 0 Å². The van der Waals surface area contributed by atoms with E-state index in [1.165, 1.54) is 14.9 Å². The topological polar surface area (TPSA) is 20.2 Å². The molecule has 0 unspecified atom stereocenters. The number of aliphatic hydroxyl groups is 1. The second-order valence-electron chi connectivity index (χ2n) is 3.04. The Bertz CT molecular complexity index is 255. The van der Waals surface area contributed by atoms with Crippen molar-refractivity contribution in [1.82, 2.24) is 0 Å². The number of rotatable bonds is 3. The lowest BCUT2D eigenvalue weighted by molar-refractivity contribution is 0.185. The summed E-state index contributed by atoms with van der Waals surface area (Å²) >= 11 is 5.29. The second kappa shape index (κ2) is 4.40. The Morgan fingerprint density at radius 1 is 1.67 bits per heavy atom. The Morgan fingerprint density at radius 3 is 2.75 bits per heavy atom. The number of halogens is 1. The Labute approximate surface area is 85.6 Å². The molecule has 1 N–H and O–H groups in total. The molecule has 1 atom stereocenters. The molecule has 0 radical (unpaired) electrons. The Hall–Kier alpha value is 0.140. The third-order valence-corrected chi connectivity index (χ3v) is 4.29. The van der Waals surface area contributed by atoms with E-state index in [9.17, 15) is 0 Å². The monoisotopic (exact) mass is 248 g/mol. The zero-order chi connectivity index (χ0) is 9.14. The highest BCUT2D eigenvalue weighted by Gasteiger charge is 2.06. The molecule has 0 fully saturated rings. The van der Waals surface area contributed by atoms with Crippen LogP contribution in [-0.4, -0.2) is 11.2 Å². The van der Waals surface area contributed by atoms with Crippen LogP contribution in [0.5, 0.6) is 0 Å². The highest BCUT2D eigenvalue weighted by atomic mass is 79.9. The average Bonchev–Trinajstić information content (AvgIpc) is 2.30. The summed E-state index contributed by atoms with van der Waals surface area (Å²) < 4.78 is 1.22. The van der Waals surface area contributed by atoms with Crippen LogP contribution < -0.4 is 0 Å². The molecule has 1 heterocycles. The number of aliphatic hydroxyl groups excluding tert-OH is 1. The molecule has 1 nitrogen and oxygen atoms in total. The van der Waals surface area contributed by atoms with E-state index in [-0.39, 0.29) is 6.10 Å². The van der Waals surface area contributed by atoms with E-state index in [0.29, 0.717) is 0 Å². The summed E-state index contributed by atoms with van der Waals surface area (Å²) in [6.07, 6.45) is 1.62. The first-order chi connectivity index (χ1) is 5.61. The minimum absolute atomic E-state index is 0.195. The summed E-state index contributed by atoms with van der Waals surface area (Å²) in [4.78, 5) is 1.34. The molecule has 0 aliphatic rings. The van der Waals surface area contributed by atoms with E-state index in [2.05, 4.69) is 28.2 Å². The van der Waals surface area contributed by atoms with Crippen molar-refractivity contribution in [3.63, 3.8) is 0 Å². The first kappa shape index (κ1) is 10.2. The van der Waals surface area contributed by atoms with Crippen LogP contribution in [0.15, 0.2) is 9.85 Å². The van der Waals surface area contributed by atoms with Crippen LogP contribution in [0.1, 0.15) is 23.8 Å². The molecule has 0 spiro atoms. The van der Waals surface area contributed by atoms with E-state index >= 15 is 0 Å². The van der Waals surface area contributed by atoms with Gasteiger partial charge in [-0.2, -0.15) is 0 Å². The highest BCUT2D eigenvalue weighted by Crippen LogP contribution is 2.28. The van der Waals surface area contributed by atoms with Gasteiger partial charge in [-0.15, -0.1) is 11.3 Å². The van der Waals surface area contributed by atoms with Crippen molar-refractivity contribution < 1.29 is 5.11 Å². The van der Waals surface area contributed by atoms with Crippen LogP contribution in [-0.2, 0) is 6.42 Å². The van der Waals surface area contributed by atoms with Gasteiger partial charge in [0.1, 0.15) is 0 Å². The van der Waals surface area contributed by atoms with Crippen molar-refractivity contribution in [2.45, 2.75) is 32.8 Å². The van der Waals surface area contributed by atoms with Gasteiger partial charge in [-0.1, -0.05) is 0 Å². The van der Waals surface area contributed by atoms with Gasteiger partial charge in [-0.3, -0.25) is 0 Å². The fourth-order valence-corrected chi connectivity index (χ4v) is 2.67. The van der Waals surface area contributed by atoms with E-state index in [1.807, 2.05) is 6.92 Å². The maximum Gasteiger partial charge on any atom is 0.0515 e. The third kappa shape index (κ3) is 2.57. The first-order valence-corrected chi connectivity index (χ1v) is 5.69. The Morgan fingerprint density at radius 2 is 2.33 bits per heavy atom. The molecule has 0 saturated carbocycles. The molecule has 1 rings (SSSR count). The largest absolute Gasteiger partial charge is 0.393 e. The molecular formula is C9H13BrOS. The van der Waals surface area contributed by atoms with Gasteiger partial charge in [0.05, 0.1) is 6.10 Å². The van der Waals surface area contributed by atoms with Crippen LogP contribution in [0.25, 0.3) is 0 Å². The van der Waals surface area contributed by atoms with E-state index in [4.69, 9.17) is 5.11 Å². The quantitative estimate of drug-likeness (QED) is 0.872. The average molecular weight is 249 g/mol. The van der Waals surface area contributed by atoms with E-state index in [1.54, 1.807) is 11.3 Å². The summed E-state index contributed by atoms with van der Waals surface area (Å²) in [5, 5.41) is 11.2. The van der Waals surface area contributed by atoms with Gasteiger partial charge in [0.2, 0.25) is 0 Å². The lowest BCUT2D eigenvalue weighted by atomic mass is 10.2. The predicted octanol–water partition coefficient (Wildman–Crippen LogP) is 3.13. The fraction of sp³-hybridized carbons (Fsp3) is 0.556. The maximum atomic E-state index is 9.10. The lowest BCUT2D eigenvalue weighted by Crippen LogP contribution is -2.00. The second-order valence-corrected chi connectivity index (χ2v) is 4.80. The maximum absolute atomic E-state index is 9.10. The third-order valence-electron chi connectivity index (χ3n) is 1.76. The molecule has 0 aromatic carbocycles. The molecule has 0 aliphatic carbocycles. The molecule has 12 heavy (non-hydrogen) atoms. The van der Waals surface area contributed by atoms with Gasteiger partial charge < -0.3 is 5.11 Å². The number of hydrogen-bond acceptors (Lipinski definition) is 2. The molecule has 0 aliphatic heterocycles. The van der Waals surface area contributed by atoms with Crippen LogP contribution in [0, 0.1) is 6.92 Å². The normalized spacial score (nSPS) is 13.3. The highest BCUT2D eigenvalue weighted by molar-refractivity contribution is 9.10. The van der Waals surface area contributed by atoms with Gasteiger partial charge in [0.15, 0.2) is 0 Å². The fourth-order valence-electron chi connectivity index (χ4n) is 0.992. The van der Waals surface area contributed by atoms with Crippen LogP contribution in [0.4, 0.5) is 0 Å². The first-order valence-electron chi connectivity index (χ1n) is 4.01. The zero-order valence-corrected chi connectivity index (χ0v) is 9.70. The van der Waals surface area contributed by atoms with E-state index < -0.39 is 0 Å². The minimum atomic E-state index is -0.195. The van der Waals surface area contributed by atoms with Gasteiger partial charge in [-0.05, 0) is 53.6 Å². The molecule has 1 aromatic heterocycles. The summed E-state index contributed by atoms with van der Waals surface area (Å²) in [5.74, 6) is 0. The summed E-state index contributed by atoms with van der Waals surface area (Å²) in [5.41, 5.74) is 1.29. The number of aryl methyl sites for hydroxylation is 2. The smallest absolute Gasteiger partial charge is 0.0515 e. The van der Waals surface area contributed by atoms with Crippen molar-refractivity contribution in [2.24, 2.45) is 0 Å². The summed E-state index contributed by atoms with van der Waals surface area (Å²) in [6.45, 7) is 3.92. The van der Waals surface area contributed by atoms with Crippen molar-refractivity contribution >= 4 is 27.3 Å². The van der Waals surface area contributed by atoms with Crippen molar-refractivity contribution in [3.8, 4) is 0 Å². The van der Waals surface area contributed by atoms with Gasteiger partial charge in [0.25, 0.3) is 0 Å². The predicted molar refractivity (Wildman–Crippen MR) is 56.8 cm³/mol. The SMILES string of the molecule is Cc1csc(CC[C@@H](C)O)c1Br. The van der Waals surface area contributed by atoms with Crippen molar-refractivity contribution in [1.29, 1.82) is 0 Å². The summed E-state index contributed by atoms with van der Waals surface area (Å²) in [7, 11) is 0. The molecule has 1 aromatic rings. The van der Waals surface area contributed by atoms with Gasteiger partial charge in [0, 0.05) is 9.35 Å². The van der Waals surface area contributed by atoms with Crippen molar-refractivity contribution in [3.05, 3.63) is 20.3 Å². The Balaban J connectivity index is 2.58. The molecule has 0 amide bonds. The molecule has 0 bridgehead atoms. The van der Waals surface area contributed by atoms with E-state index in [0.717, 1.165) is 12.8 Å². The van der Waals surface area contributed by atoms with Crippen LogP contribution in [0.3, 0.4) is 0 Å². The molecule has 68 valence electrons. The number of hydrogen-bond donors (Lipinski definition) is 1. The Kier molecular flexibility index (Phi) is 3.75. The zero-order valence-electron chi connectivity index (χ0n) is 7.30. The standard InChI is InChI=1S/C9H13BrOS/c1-6-5-12-8(9(6)10)4-3-7(2)11/h5,7,11H,3-4H2,1-2H3/t7-/m1/s1. The minimum Gasteiger partial charge on any atom is -0.393 e.